The molecule has 1 aromatic rings. The molecule has 1 rings (SSSR count). The highest BCUT2D eigenvalue weighted by Gasteiger charge is 2.15. The Morgan fingerprint density at radius 2 is 2.19 bits per heavy atom. The zero-order chi connectivity index (χ0) is 12.0. The molecule has 0 amide bonds. The summed E-state index contributed by atoms with van der Waals surface area (Å²) in [4.78, 5) is 9.56. The Morgan fingerprint density at radius 1 is 1.44 bits per heavy atom. The maximum Gasteiger partial charge on any atom is 0.264 e. The smallest absolute Gasteiger partial charge is 0.264 e. The fourth-order valence-corrected chi connectivity index (χ4v) is 1.63. The minimum atomic E-state index is -3.89. The summed E-state index contributed by atoms with van der Waals surface area (Å²) in [5, 5.41) is 0. The van der Waals surface area contributed by atoms with Crippen molar-refractivity contribution >= 4 is 10.0 Å². The summed E-state index contributed by atoms with van der Waals surface area (Å²) in [6.07, 6.45) is 1.93. The number of methoxy groups -OCH3 is 1. The van der Waals surface area contributed by atoms with E-state index in [2.05, 4.69) is 14.6 Å². The van der Waals surface area contributed by atoms with E-state index >= 15 is 0 Å². The maximum absolute atomic E-state index is 12.7. The molecule has 0 aromatic carbocycles. The summed E-state index contributed by atoms with van der Waals surface area (Å²) < 4.78 is 40.3. The van der Waals surface area contributed by atoms with Crippen LogP contribution in [0.2, 0.25) is 0 Å². The summed E-state index contributed by atoms with van der Waals surface area (Å²) in [6.45, 7) is 0.294. The molecular formula is C8H11FN2O4S. The van der Waals surface area contributed by atoms with Gasteiger partial charge in [-0.15, -0.1) is 0 Å². The number of rotatable bonds is 6. The first-order valence-electron chi connectivity index (χ1n) is 4.29. The Bertz CT molecular complexity index is 437. The highest BCUT2D eigenvalue weighted by atomic mass is 32.2. The fourth-order valence-electron chi connectivity index (χ4n) is 0.832. The van der Waals surface area contributed by atoms with E-state index in [0.29, 0.717) is 0 Å². The molecule has 0 bridgehead atoms. The number of nitrogens with one attached hydrogen (secondary N) is 1. The lowest BCUT2D eigenvalue weighted by Gasteiger charge is -2.06. The number of pyridine rings is 1. The van der Waals surface area contributed by atoms with Gasteiger partial charge in [-0.1, -0.05) is 4.89 Å². The summed E-state index contributed by atoms with van der Waals surface area (Å²) >= 11 is 0. The Morgan fingerprint density at radius 3 is 2.81 bits per heavy atom. The normalized spacial score (nSPS) is 11.6. The lowest BCUT2D eigenvalue weighted by molar-refractivity contribution is 0.0438. The number of hydrogen-bond acceptors (Lipinski definition) is 5. The van der Waals surface area contributed by atoms with Crippen LogP contribution < -0.4 is 4.89 Å². The van der Waals surface area contributed by atoms with Crippen LogP contribution in [0.1, 0.15) is 0 Å². The van der Waals surface area contributed by atoms with Crippen LogP contribution in [0.25, 0.3) is 0 Å². The molecule has 6 nitrogen and oxygen atoms in total. The van der Waals surface area contributed by atoms with Gasteiger partial charge in [0, 0.05) is 13.3 Å². The quantitative estimate of drug-likeness (QED) is 0.571. The first-order chi connectivity index (χ1) is 7.56. The van der Waals surface area contributed by atoms with E-state index in [-0.39, 0.29) is 18.1 Å². The van der Waals surface area contributed by atoms with Crippen molar-refractivity contribution in [2.24, 2.45) is 0 Å². The van der Waals surface area contributed by atoms with Gasteiger partial charge < -0.3 is 4.74 Å². The Labute approximate surface area is 92.4 Å². The van der Waals surface area contributed by atoms with Crippen LogP contribution in [-0.2, 0) is 19.6 Å². The van der Waals surface area contributed by atoms with Gasteiger partial charge in [0.25, 0.3) is 10.0 Å². The van der Waals surface area contributed by atoms with E-state index in [1.54, 1.807) is 0 Å². The Kier molecular flexibility index (Phi) is 4.74. The van der Waals surface area contributed by atoms with Crippen molar-refractivity contribution in [2.75, 3.05) is 20.3 Å². The molecule has 0 aliphatic rings. The molecule has 0 spiro atoms. The van der Waals surface area contributed by atoms with Gasteiger partial charge in [0.1, 0.15) is 10.7 Å². The zero-order valence-electron chi connectivity index (χ0n) is 8.51. The molecule has 1 heterocycles. The largest absolute Gasteiger partial charge is 0.382 e. The van der Waals surface area contributed by atoms with Gasteiger partial charge in [0.05, 0.1) is 19.4 Å². The molecule has 0 unspecified atom stereocenters. The molecule has 0 saturated heterocycles. The third-order valence-electron chi connectivity index (χ3n) is 1.55. The van der Waals surface area contributed by atoms with Gasteiger partial charge in [-0.2, -0.15) is 0 Å². The fraction of sp³-hybridized carbons (Fsp3) is 0.375. The molecule has 0 radical (unpaired) electrons. The maximum atomic E-state index is 12.7. The van der Waals surface area contributed by atoms with Crippen molar-refractivity contribution in [1.82, 2.24) is 9.87 Å². The standard InChI is InChI=1S/C8H11FN2O4S/c1-14-2-3-15-11-16(12,13)8-4-7(9)5-10-6-8/h4-6,11H,2-3H2,1H3. The van der Waals surface area contributed by atoms with Crippen molar-refractivity contribution in [3.05, 3.63) is 24.3 Å². The van der Waals surface area contributed by atoms with E-state index in [4.69, 9.17) is 0 Å². The van der Waals surface area contributed by atoms with Gasteiger partial charge in [0.15, 0.2) is 0 Å². The Balaban J connectivity index is 2.64. The minimum absolute atomic E-state index is 0.0540. The predicted octanol–water partition coefficient (Wildman–Crippen LogP) is 0.0770. The van der Waals surface area contributed by atoms with E-state index in [0.717, 1.165) is 18.5 Å². The lowest BCUT2D eigenvalue weighted by Crippen LogP contribution is -2.25. The van der Waals surface area contributed by atoms with Crippen LogP contribution in [0.15, 0.2) is 23.4 Å². The molecule has 8 heteroatoms. The van der Waals surface area contributed by atoms with Gasteiger partial charge in [0.2, 0.25) is 0 Å². The van der Waals surface area contributed by atoms with Gasteiger partial charge in [-0.25, -0.2) is 12.8 Å². The zero-order valence-corrected chi connectivity index (χ0v) is 9.33. The topological polar surface area (TPSA) is 77.5 Å². The van der Waals surface area contributed by atoms with Crippen LogP contribution in [0.5, 0.6) is 0 Å². The first-order valence-corrected chi connectivity index (χ1v) is 5.77. The Hall–Kier alpha value is -1.09. The molecule has 16 heavy (non-hydrogen) atoms. The molecule has 0 fully saturated rings. The molecule has 0 aliphatic heterocycles. The van der Waals surface area contributed by atoms with Crippen molar-refractivity contribution in [3.8, 4) is 0 Å². The number of hydrogen-bond donors (Lipinski definition) is 1. The summed E-state index contributed by atoms with van der Waals surface area (Å²) in [5.41, 5.74) is 0. The average molecular weight is 250 g/mol. The number of aromatic nitrogens is 1. The molecule has 0 aliphatic carbocycles. The van der Waals surface area contributed by atoms with E-state index in [1.807, 2.05) is 4.89 Å². The highest BCUT2D eigenvalue weighted by molar-refractivity contribution is 7.89. The molecule has 1 aromatic heterocycles. The van der Waals surface area contributed by atoms with Crippen molar-refractivity contribution in [1.29, 1.82) is 0 Å². The van der Waals surface area contributed by atoms with Gasteiger partial charge in [-0.3, -0.25) is 9.82 Å². The average Bonchev–Trinajstić information content (AvgIpc) is 2.24. The van der Waals surface area contributed by atoms with Crippen LogP contribution in [0.4, 0.5) is 4.39 Å². The number of ether oxygens (including phenoxy) is 1. The summed E-state index contributed by atoms with van der Waals surface area (Å²) in [6, 6.07) is 0.842. The van der Waals surface area contributed by atoms with Crippen molar-refractivity contribution in [3.63, 3.8) is 0 Å². The molecule has 0 atom stereocenters. The van der Waals surface area contributed by atoms with Crippen LogP contribution in [0, 0.1) is 5.82 Å². The molecular weight excluding hydrogens is 239 g/mol. The van der Waals surface area contributed by atoms with Crippen LogP contribution >= 0.6 is 0 Å². The summed E-state index contributed by atoms with van der Waals surface area (Å²) in [5.74, 6) is -0.736. The lowest BCUT2D eigenvalue weighted by atomic mass is 10.5. The number of sulfonamides is 1. The van der Waals surface area contributed by atoms with Crippen molar-refractivity contribution < 1.29 is 22.4 Å². The molecule has 0 saturated carbocycles. The summed E-state index contributed by atoms with van der Waals surface area (Å²) in [7, 11) is -2.44. The third kappa shape index (κ3) is 3.81. The van der Waals surface area contributed by atoms with Crippen molar-refractivity contribution in [2.45, 2.75) is 4.90 Å². The van der Waals surface area contributed by atoms with E-state index < -0.39 is 15.8 Å². The second-order valence-corrected chi connectivity index (χ2v) is 4.41. The molecule has 1 N–H and O–H groups in total. The number of halogens is 1. The second kappa shape index (κ2) is 5.85. The second-order valence-electron chi connectivity index (χ2n) is 2.77. The highest BCUT2D eigenvalue weighted by Crippen LogP contribution is 2.07. The van der Waals surface area contributed by atoms with Crippen LogP contribution in [-0.4, -0.2) is 33.7 Å². The van der Waals surface area contributed by atoms with E-state index in [9.17, 15) is 12.8 Å². The van der Waals surface area contributed by atoms with Crippen LogP contribution in [0.3, 0.4) is 0 Å². The molecule has 90 valence electrons. The van der Waals surface area contributed by atoms with Gasteiger partial charge >= 0.3 is 0 Å². The third-order valence-corrected chi connectivity index (χ3v) is 2.73. The predicted molar refractivity (Wildman–Crippen MR) is 52.3 cm³/mol. The SMILES string of the molecule is COCCONS(=O)(=O)c1cncc(F)c1. The first kappa shape index (κ1) is 13.0. The monoisotopic (exact) mass is 250 g/mol. The van der Waals surface area contributed by atoms with Gasteiger partial charge in [-0.05, 0) is 6.07 Å². The van der Waals surface area contributed by atoms with E-state index in [1.165, 1.54) is 7.11 Å². The minimum Gasteiger partial charge on any atom is -0.382 e. The number of nitrogens with zero attached hydrogens (tertiary/aromatic N) is 1.